The molecule has 1 fully saturated rings. The van der Waals surface area contributed by atoms with Crippen molar-refractivity contribution in [2.75, 3.05) is 12.3 Å². The summed E-state index contributed by atoms with van der Waals surface area (Å²) in [4.78, 5) is 15.6. The van der Waals surface area contributed by atoms with Gasteiger partial charge in [-0.1, -0.05) is 32.0 Å². The van der Waals surface area contributed by atoms with Crippen molar-refractivity contribution in [2.45, 2.75) is 43.8 Å². The first-order chi connectivity index (χ1) is 18.0. The molecule has 0 bridgehead atoms. The molecule has 1 aliphatic heterocycles. The Morgan fingerprint density at radius 1 is 1.32 bits per heavy atom. The van der Waals surface area contributed by atoms with Crippen LogP contribution in [0.5, 0.6) is 5.75 Å². The molecule has 1 aromatic carbocycles. The van der Waals surface area contributed by atoms with Gasteiger partial charge in [0.2, 0.25) is 5.60 Å². The van der Waals surface area contributed by atoms with Crippen molar-refractivity contribution in [3.63, 3.8) is 0 Å². The van der Waals surface area contributed by atoms with Gasteiger partial charge in [0, 0.05) is 0 Å². The van der Waals surface area contributed by atoms with E-state index >= 15 is 0 Å². The first-order valence-electron chi connectivity index (χ1n) is 11.5. The lowest BCUT2D eigenvalue weighted by Crippen LogP contribution is -2.41. The number of nitrogens with two attached hydrogens (primary N) is 1. The first kappa shape index (κ1) is 27.5. The van der Waals surface area contributed by atoms with Crippen molar-refractivity contribution in [3.05, 3.63) is 54.5 Å². The molecule has 14 nitrogen and oxygen atoms in total. The van der Waals surface area contributed by atoms with Gasteiger partial charge in [-0.25, -0.2) is 14.1 Å². The average Bonchev–Trinajstić information content (AvgIpc) is 3.43. The van der Waals surface area contributed by atoms with Crippen molar-refractivity contribution in [1.29, 1.82) is 5.26 Å². The Morgan fingerprint density at radius 2 is 2.03 bits per heavy atom. The normalized spacial score (nSPS) is 25.6. The van der Waals surface area contributed by atoms with E-state index in [1.807, 2.05) is 6.07 Å². The summed E-state index contributed by atoms with van der Waals surface area (Å²) < 4.78 is 31.9. The van der Waals surface area contributed by atoms with Gasteiger partial charge in [0.25, 0.3) is 0 Å². The van der Waals surface area contributed by atoms with Crippen LogP contribution >= 0.6 is 7.75 Å². The highest BCUT2D eigenvalue weighted by Crippen LogP contribution is 2.47. The zero-order valence-corrected chi connectivity index (χ0v) is 21.3. The van der Waals surface area contributed by atoms with E-state index in [4.69, 9.17) is 19.5 Å². The summed E-state index contributed by atoms with van der Waals surface area (Å²) in [6.07, 6.45) is -3.64. The highest BCUT2D eigenvalue weighted by molar-refractivity contribution is 7.52. The third kappa shape index (κ3) is 5.08. The average molecular weight is 546 g/mol. The van der Waals surface area contributed by atoms with Crippen LogP contribution in [0.1, 0.15) is 19.5 Å². The van der Waals surface area contributed by atoms with Gasteiger partial charge in [-0.15, -0.1) is 0 Å². The summed E-state index contributed by atoms with van der Waals surface area (Å²) in [6, 6.07) is 11.5. The molecule has 0 aliphatic carbocycles. The monoisotopic (exact) mass is 546 g/mol. The summed E-state index contributed by atoms with van der Waals surface area (Å²) in [5.41, 5.74) is 4.19. The van der Waals surface area contributed by atoms with Gasteiger partial charge in [0.1, 0.15) is 48.0 Å². The number of carboxylic acid groups (broad SMARTS) is 1. The smallest absolute Gasteiger partial charge is 0.459 e. The van der Waals surface area contributed by atoms with Gasteiger partial charge >= 0.3 is 13.7 Å². The number of anilines is 1. The number of ether oxygens (including phenoxy) is 1. The molecule has 4 rings (SSSR count). The number of nitrogens with zero attached hydrogens (tertiary/aromatic N) is 4. The zero-order chi connectivity index (χ0) is 27.7. The number of aliphatic hydroxyl groups excluding tert-OH is 2. The molecule has 38 heavy (non-hydrogen) atoms. The van der Waals surface area contributed by atoms with E-state index in [2.05, 4.69) is 15.2 Å². The zero-order valence-electron chi connectivity index (χ0n) is 20.4. The van der Waals surface area contributed by atoms with Gasteiger partial charge in [-0.2, -0.15) is 15.4 Å². The Morgan fingerprint density at radius 3 is 2.66 bits per heavy atom. The largest absolute Gasteiger partial charge is 0.480 e. The number of nitriles is 1. The van der Waals surface area contributed by atoms with E-state index < -0.39 is 56.2 Å². The number of carbonyl (C=O) groups is 1. The van der Waals surface area contributed by atoms with Crippen LogP contribution in [0.2, 0.25) is 0 Å². The topological polar surface area (TPSA) is 215 Å². The number of hydrogen-bond donors (Lipinski definition) is 5. The third-order valence-corrected chi connectivity index (χ3v) is 7.63. The molecule has 0 radical (unpaired) electrons. The van der Waals surface area contributed by atoms with Crippen LogP contribution in [-0.4, -0.2) is 66.8 Å². The lowest BCUT2D eigenvalue weighted by atomic mass is 9.92. The summed E-state index contributed by atoms with van der Waals surface area (Å²) in [6.45, 7) is 2.58. The first-order valence-corrected chi connectivity index (χ1v) is 13.1. The summed E-state index contributed by atoms with van der Waals surface area (Å²) in [5, 5.41) is 47.8. The van der Waals surface area contributed by atoms with E-state index in [1.165, 1.54) is 28.8 Å². The molecular formula is C23H27N6O8P. The van der Waals surface area contributed by atoms with E-state index in [9.17, 15) is 29.9 Å². The lowest BCUT2D eigenvalue weighted by Gasteiger charge is -2.27. The SMILES string of the molecule is CC(C)[C@H](NP(=O)(OC[C@H]1O[C@@](C#N)(c2ccc3c(N)ncnn23)[C@H](O)[C@@H]1O)Oc1ccccc1)C(=O)O. The number of aromatic nitrogens is 3. The second-order valence-corrected chi connectivity index (χ2v) is 10.7. The number of rotatable bonds is 10. The number of fused-ring (bicyclic) bond motifs is 1. The van der Waals surface area contributed by atoms with Crippen molar-refractivity contribution in [2.24, 2.45) is 5.92 Å². The molecule has 202 valence electrons. The Balaban J connectivity index is 1.61. The highest BCUT2D eigenvalue weighted by Gasteiger charge is 2.58. The number of para-hydroxylation sites is 1. The number of aliphatic hydroxyl groups is 2. The molecule has 15 heteroatoms. The summed E-state index contributed by atoms with van der Waals surface area (Å²) >= 11 is 0. The van der Waals surface area contributed by atoms with Crippen molar-refractivity contribution in [1.82, 2.24) is 19.7 Å². The quantitative estimate of drug-likeness (QED) is 0.225. The molecule has 3 heterocycles. The maximum absolute atomic E-state index is 13.7. The third-order valence-electron chi connectivity index (χ3n) is 6.09. The number of nitrogen functional groups attached to an aromatic ring is 1. The Labute approximate surface area is 217 Å². The fraction of sp³-hybridized carbons (Fsp3) is 0.391. The minimum Gasteiger partial charge on any atom is -0.480 e. The predicted molar refractivity (Wildman–Crippen MR) is 132 cm³/mol. The molecule has 1 saturated heterocycles. The number of benzene rings is 1. The van der Waals surface area contributed by atoms with Crippen molar-refractivity contribution >= 4 is 25.1 Å². The van der Waals surface area contributed by atoms with Crippen LogP contribution in [-0.2, 0) is 24.2 Å². The fourth-order valence-corrected chi connectivity index (χ4v) is 5.76. The highest BCUT2D eigenvalue weighted by atomic mass is 31.2. The molecule has 0 amide bonds. The second-order valence-electron chi connectivity index (χ2n) is 8.99. The standard InChI is InChI=1S/C23H27N6O8P/c1-13(2)18(22(32)33)28-38(34,37-14-6-4-3-5-7-14)35-10-16-19(30)20(31)23(11-24,36-16)17-9-8-15-21(25)26-12-27-29(15)17/h3-9,12-13,16,18-20,30-31H,10H2,1-2H3,(H,28,34)(H,32,33)(H2,25,26,27)/t16-,18+,19-,20-,23+,38?/m1/s1. The molecule has 3 aromatic rings. The summed E-state index contributed by atoms with van der Waals surface area (Å²) in [5.74, 6) is -1.52. The molecule has 2 aromatic heterocycles. The lowest BCUT2D eigenvalue weighted by molar-refractivity contribution is -0.140. The van der Waals surface area contributed by atoms with Gasteiger partial charge in [0.15, 0.2) is 5.82 Å². The van der Waals surface area contributed by atoms with E-state index in [0.29, 0.717) is 5.52 Å². The fourth-order valence-electron chi connectivity index (χ4n) is 4.09. The van der Waals surface area contributed by atoms with Crippen molar-refractivity contribution in [3.8, 4) is 11.8 Å². The predicted octanol–water partition coefficient (Wildman–Crippen LogP) is 1.05. The summed E-state index contributed by atoms with van der Waals surface area (Å²) in [7, 11) is -4.39. The maximum atomic E-state index is 13.7. The second kappa shape index (κ2) is 10.7. The Hall–Kier alpha value is -3.57. The molecule has 6 atom stereocenters. The van der Waals surface area contributed by atoms with Crippen LogP contribution in [0.3, 0.4) is 0 Å². The van der Waals surface area contributed by atoms with Gasteiger partial charge in [-0.05, 0) is 30.2 Å². The molecule has 1 aliphatic rings. The Kier molecular flexibility index (Phi) is 7.70. The van der Waals surface area contributed by atoms with Crippen LogP contribution < -0.4 is 15.3 Å². The molecule has 1 unspecified atom stereocenters. The minimum absolute atomic E-state index is 0.0748. The van der Waals surface area contributed by atoms with Crippen LogP contribution in [0.4, 0.5) is 5.82 Å². The number of hydrogen-bond acceptors (Lipinski definition) is 11. The maximum Gasteiger partial charge on any atom is 0.459 e. The van der Waals surface area contributed by atoms with Crippen molar-refractivity contribution < 1.29 is 38.5 Å². The van der Waals surface area contributed by atoms with Gasteiger partial charge in [-0.3, -0.25) is 9.32 Å². The number of nitrogens with one attached hydrogen (secondary N) is 1. The van der Waals surface area contributed by atoms with E-state index in [-0.39, 0.29) is 17.3 Å². The van der Waals surface area contributed by atoms with E-state index in [0.717, 1.165) is 6.33 Å². The molecule has 0 spiro atoms. The van der Waals surface area contributed by atoms with Gasteiger partial charge < -0.3 is 30.3 Å². The Bertz CT molecular complexity index is 1400. The molecular weight excluding hydrogens is 519 g/mol. The minimum atomic E-state index is -4.39. The molecule has 6 N–H and O–H groups in total. The van der Waals surface area contributed by atoms with E-state index in [1.54, 1.807) is 32.0 Å². The van der Waals surface area contributed by atoms with Crippen LogP contribution in [0.15, 0.2) is 48.8 Å². The molecule has 0 saturated carbocycles. The van der Waals surface area contributed by atoms with Crippen LogP contribution in [0.25, 0.3) is 5.52 Å². The number of carboxylic acids is 1. The van der Waals surface area contributed by atoms with Gasteiger partial charge in [0.05, 0.1) is 12.3 Å². The number of aliphatic carboxylic acids is 1. The van der Waals surface area contributed by atoms with Crippen LogP contribution in [0, 0.1) is 17.2 Å².